The zero-order chi connectivity index (χ0) is 20.9. The van der Waals surface area contributed by atoms with Gasteiger partial charge in [-0.2, -0.15) is 23.1 Å². The number of carbonyl (C=O) groups excluding carboxylic acids is 2. The fourth-order valence-corrected chi connectivity index (χ4v) is 3.45. The second-order valence-corrected chi connectivity index (χ2v) is 6.89. The summed E-state index contributed by atoms with van der Waals surface area (Å²) in [6.45, 7) is 1.70. The van der Waals surface area contributed by atoms with E-state index in [-0.39, 0.29) is 22.7 Å². The van der Waals surface area contributed by atoms with Gasteiger partial charge in [-0.3, -0.25) is 9.59 Å². The first kappa shape index (κ1) is 19.1. The first-order chi connectivity index (χ1) is 13.7. The third-order valence-electron chi connectivity index (χ3n) is 4.52. The van der Waals surface area contributed by atoms with Gasteiger partial charge in [0.05, 0.1) is 34.6 Å². The van der Waals surface area contributed by atoms with Crippen molar-refractivity contribution >= 4 is 29.1 Å². The molecule has 0 unspecified atom stereocenters. The number of fused-ring (bicyclic) bond motifs is 1. The quantitative estimate of drug-likeness (QED) is 0.598. The molecule has 0 radical (unpaired) electrons. The smallest absolute Gasteiger partial charge is 0.268 e. The number of imide groups is 1. The van der Waals surface area contributed by atoms with Crippen LogP contribution in [0.2, 0.25) is 5.02 Å². The standard InChI is InChI=1S/C19H12ClF3N4O2/c1-10-7-11(9-26-24-8-15(25-26)19(21,22)23)5-6-14(10)27-17(28)12-3-2-4-13(20)16(12)18(27)29/h2-8H,9H2,1H3. The minimum Gasteiger partial charge on any atom is -0.268 e. The molecule has 1 aromatic heterocycles. The fraction of sp³-hybridized carbons (Fsp3) is 0.158. The van der Waals surface area contributed by atoms with E-state index in [9.17, 15) is 22.8 Å². The minimum absolute atomic E-state index is 0.00511. The Morgan fingerprint density at radius 1 is 1.10 bits per heavy atom. The number of amides is 2. The summed E-state index contributed by atoms with van der Waals surface area (Å²) in [5.74, 6) is -0.998. The highest BCUT2D eigenvalue weighted by Crippen LogP contribution is 2.34. The molecule has 0 aliphatic carbocycles. The largest absolute Gasteiger partial charge is 0.436 e. The zero-order valence-corrected chi connectivity index (χ0v) is 15.6. The molecule has 2 heterocycles. The number of anilines is 1. The van der Waals surface area contributed by atoms with Gasteiger partial charge in [-0.15, -0.1) is 5.10 Å². The molecule has 0 N–H and O–H groups in total. The number of alkyl halides is 3. The Bertz CT molecular complexity index is 1160. The van der Waals surface area contributed by atoms with Gasteiger partial charge in [-0.05, 0) is 36.2 Å². The maximum Gasteiger partial charge on any atom is 0.436 e. The van der Waals surface area contributed by atoms with Crippen LogP contribution in [0.5, 0.6) is 0 Å². The summed E-state index contributed by atoms with van der Waals surface area (Å²) in [4.78, 5) is 27.4. The van der Waals surface area contributed by atoms with E-state index >= 15 is 0 Å². The molecule has 2 amide bonds. The molecule has 0 saturated carbocycles. The van der Waals surface area contributed by atoms with E-state index in [1.807, 2.05) is 0 Å². The highest BCUT2D eigenvalue weighted by Gasteiger charge is 2.39. The van der Waals surface area contributed by atoms with E-state index in [4.69, 9.17) is 11.6 Å². The van der Waals surface area contributed by atoms with Crippen molar-refractivity contribution in [1.29, 1.82) is 0 Å². The molecular formula is C19H12ClF3N4O2. The van der Waals surface area contributed by atoms with Crippen LogP contribution in [0.3, 0.4) is 0 Å². The molecule has 10 heteroatoms. The maximum absolute atomic E-state index is 12.7. The van der Waals surface area contributed by atoms with Crippen LogP contribution in [-0.4, -0.2) is 26.8 Å². The maximum atomic E-state index is 12.7. The van der Waals surface area contributed by atoms with Crippen LogP contribution < -0.4 is 4.90 Å². The molecule has 1 aliphatic heterocycles. The Morgan fingerprint density at radius 3 is 2.48 bits per heavy atom. The molecule has 1 aliphatic rings. The minimum atomic E-state index is -4.56. The lowest BCUT2D eigenvalue weighted by atomic mass is 10.1. The SMILES string of the molecule is Cc1cc(Cn2ncc(C(F)(F)F)n2)ccc1N1C(=O)c2cccc(Cl)c2C1=O. The molecule has 2 aromatic carbocycles. The summed E-state index contributed by atoms with van der Waals surface area (Å²) in [6, 6.07) is 9.50. The van der Waals surface area contributed by atoms with Gasteiger partial charge in [0.25, 0.3) is 11.8 Å². The Hall–Kier alpha value is -3.20. The molecule has 29 heavy (non-hydrogen) atoms. The number of carbonyl (C=O) groups is 2. The van der Waals surface area contributed by atoms with E-state index in [1.54, 1.807) is 31.2 Å². The number of rotatable bonds is 3. The van der Waals surface area contributed by atoms with Crippen molar-refractivity contribution < 1.29 is 22.8 Å². The van der Waals surface area contributed by atoms with Gasteiger partial charge < -0.3 is 0 Å². The van der Waals surface area contributed by atoms with E-state index in [0.717, 1.165) is 9.70 Å². The van der Waals surface area contributed by atoms with Crippen molar-refractivity contribution in [2.45, 2.75) is 19.6 Å². The van der Waals surface area contributed by atoms with E-state index in [2.05, 4.69) is 10.2 Å². The highest BCUT2D eigenvalue weighted by atomic mass is 35.5. The molecule has 0 atom stereocenters. The van der Waals surface area contributed by atoms with Gasteiger partial charge in [0, 0.05) is 0 Å². The Labute approximate surface area is 167 Å². The van der Waals surface area contributed by atoms with Gasteiger partial charge in [0.2, 0.25) is 0 Å². The van der Waals surface area contributed by atoms with Crippen LogP contribution in [-0.2, 0) is 12.7 Å². The van der Waals surface area contributed by atoms with E-state index in [0.29, 0.717) is 23.0 Å². The average Bonchev–Trinajstić information content (AvgIpc) is 3.20. The second-order valence-electron chi connectivity index (χ2n) is 6.49. The van der Waals surface area contributed by atoms with E-state index in [1.165, 1.54) is 12.1 Å². The number of halogens is 4. The number of hydrogen-bond acceptors (Lipinski definition) is 4. The molecule has 3 aromatic rings. The van der Waals surface area contributed by atoms with E-state index < -0.39 is 23.7 Å². The fourth-order valence-electron chi connectivity index (χ4n) is 3.20. The van der Waals surface area contributed by atoms with Gasteiger partial charge in [0.15, 0.2) is 5.69 Å². The van der Waals surface area contributed by atoms with Gasteiger partial charge in [-0.25, -0.2) is 4.90 Å². The van der Waals surface area contributed by atoms with Crippen LogP contribution in [0.1, 0.15) is 37.5 Å². The topological polar surface area (TPSA) is 68.1 Å². The van der Waals surface area contributed by atoms with Gasteiger partial charge >= 0.3 is 6.18 Å². The molecule has 6 nitrogen and oxygen atoms in total. The lowest BCUT2D eigenvalue weighted by Crippen LogP contribution is -2.30. The molecule has 0 saturated heterocycles. The molecule has 148 valence electrons. The van der Waals surface area contributed by atoms with Crippen molar-refractivity contribution in [2.24, 2.45) is 0 Å². The summed E-state index contributed by atoms with van der Waals surface area (Å²) in [6.07, 6.45) is -3.91. The van der Waals surface area contributed by atoms with Gasteiger partial charge in [0.1, 0.15) is 0 Å². The number of aryl methyl sites for hydroxylation is 1. The van der Waals surface area contributed by atoms with Crippen molar-refractivity contribution in [1.82, 2.24) is 15.0 Å². The van der Waals surface area contributed by atoms with Crippen LogP contribution in [0.4, 0.5) is 18.9 Å². The summed E-state index contributed by atoms with van der Waals surface area (Å²) >= 11 is 6.08. The van der Waals surface area contributed by atoms with Crippen LogP contribution in [0.25, 0.3) is 0 Å². The van der Waals surface area contributed by atoms with Crippen molar-refractivity contribution in [3.63, 3.8) is 0 Å². The Morgan fingerprint density at radius 2 is 1.86 bits per heavy atom. The van der Waals surface area contributed by atoms with Crippen molar-refractivity contribution in [3.8, 4) is 0 Å². The lowest BCUT2D eigenvalue weighted by molar-refractivity contribution is -0.141. The van der Waals surface area contributed by atoms with Gasteiger partial charge in [-0.1, -0.05) is 29.8 Å². The predicted molar refractivity (Wildman–Crippen MR) is 97.9 cm³/mol. The summed E-state index contributed by atoms with van der Waals surface area (Å²) in [5, 5.41) is 7.23. The molecule has 0 bridgehead atoms. The lowest BCUT2D eigenvalue weighted by Gasteiger charge is -2.17. The normalized spacial score (nSPS) is 13.9. The highest BCUT2D eigenvalue weighted by molar-refractivity contribution is 6.42. The van der Waals surface area contributed by atoms with Crippen LogP contribution in [0, 0.1) is 6.92 Å². The molecule has 4 rings (SSSR count). The Kier molecular flexibility index (Phi) is 4.42. The summed E-state index contributed by atoms with van der Waals surface area (Å²) in [7, 11) is 0. The summed E-state index contributed by atoms with van der Waals surface area (Å²) < 4.78 is 37.9. The molecule has 0 fully saturated rings. The zero-order valence-electron chi connectivity index (χ0n) is 14.9. The monoisotopic (exact) mass is 420 g/mol. The van der Waals surface area contributed by atoms with Crippen LogP contribution >= 0.6 is 11.6 Å². The second kappa shape index (κ2) is 6.70. The molecular weight excluding hydrogens is 409 g/mol. The number of nitrogens with zero attached hydrogens (tertiary/aromatic N) is 4. The average molecular weight is 421 g/mol. The predicted octanol–water partition coefficient (Wildman–Crippen LogP) is 4.11. The number of hydrogen-bond donors (Lipinski definition) is 0. The van der Waals surface area contributed by atoms with Crippen LogP contribution in [0.15, 0.2) is 42.6 Å². The Balaban J connectivity index is 1.62. The first-order valence-electron chi connectivity index (χ1n) is 8.41. The van der Waals surface area contributed by atoms with Crippen molar-refractivity contribution in [2.75, 3.05) is 4.90 Å². The molecule has 0 spiro atoms. The summed E-state index contributed by atoms with van der Waals surface area (Å²) in [5.41, 5.74) is 0.894. The third kappa shape index (κ3) is 3.27. The van der Waals surface area contributed by atoms with Crippen molar-refractivity contribution in [3.05, 3.63) is 75.6 Å². The third-order valence-corrected chi connectivity index (χ3v) is 4.83. The first-order valence-corrected chi connectivity index (χ1v) is 8.79. The number of benzene rings is 2. The number of aromatic nitrogens is 3.